The number of anilines is 1. The van der Waals surface area contributed by atoms with Gasteiger partial charge in [0.2, 0.25) is 0 Å². The molecule has 1 aliphatic heterocycles. The predicted molar refractivity (Wildman–Crippen MR) is 110 cm³/mol. The molecule has 1 aliphatic rings. The zero-order chi connectivity index (χ0) is 21.3. The van der Waals surface area contributed by atoms with E-state index < -0.39 is 11.7 Å². The zero-order valence-electron chi connectivity index (χ0n) is 17.3. The summed E-state index contributed by atoms with van der Waals surface area (Å²) in [5.74, 6) is 0.709. The van der Waals surface area contributed by atoms with E-state index in [0.717, 1.165) is 48.1 Å². The topological polar surface area (TPSA) is 42.7 Å². The van der Waals surface area contributed by atoms with Crippen LogP contribution in [0.5, 0.6) is 0 Å². The van der Waals surface area contributed by atoms with Gasteiger partial charge in [0.25, 0.3) is 0 Å². The summed E-state index contributed by atoms with van der Waals surface area (Å²) in [4.78, 5) is 4.49. The second kappa shape index (κ2) is 8.05. The second-order valence-electron chi connectivity index (χ2n) is 7.97. The van der Waals surface area contributed by atoms with Crippen molar-refractivity contribution in [1.82, 2.24) is 14.8 Å². The van der Waals surface area contributed by atoms with E-state index in [1.807, 2.05) is 44.6 Å². The van der Waals surface area contributed by atoms with E-state index in [0.29, 0.717) is 11.3 Å². The summed E-state index contributed by atoms with van der Waals surface area (Å²) in [5, 5.41) is 8.11. The molecular weight excluding hydrogens is 377 g/mol. The van der Waals surface area contributed by atoms with Crippen LogP contribution in [0, 0.1) is 19.8 Å². The number of nitrogens with zero attached hydrogens (tertiary/aromatic N) is 3. The van der Waals surface area contributed by atoms with Crippen molar-refractivity contribution >= 4 is 11.4 Å². The van der Waals surface area contributed by atoms with E-state index in [-0.39, 0.29) is 12.0 Å². The Balaban J connectivity index is 1.93. The molecule has 0 radical (unpaired) electrons. The van der Waals surface area contributed by atoms with Crippen molar-refractivity contribution in [3.8, 4) is 0 Å². The van der Waals surface area contributed by atoms with Gasteiger partial charge in [-0.25, -0.2) is 4.98 Å². The lowest BCUT2D eigenvalue weighted by Crippen LogP contribution is -2.22. The maximum Gasteiger partial charge on any atom is 0.415 e. The third-order valence-electron chi connectivity index (χ3n) is 5.17. The summed E-state index contributed by atoms with van der Waals surface area (Å²) in [6.45, 7) is 11.7. The van der Waals surface area contributed by atoms with Crippen LogP contribution in [0.25, 0.3) is 5.57 Å². The quantitative estimate of drug-likeness (QED) is 0.622. The molecule has 3 heterocycles. The van der Waals surface area contributed by atoms with Gasteiger partial charge in [0.15, 0.2) is 0 Å². The van der Waals surface area contributed by atoms with Crippen LogP contribution < -0.4 is 5.32 Å². The van der Waals surface area contributed by atoms with Crippen LogP contribution in [0.2, 0.25) is 0 Å². The summed E-state index contributed by atoms with van der Waals surface area (Å²) >= 11 is 0. The Morgan fingerprint density at radius 3 is 2.66 bits per heavy atom. The summed E-state index contributed by atoms with van der Waals surface area (Å²) in [7, 11) is 0. The molecule has 2 aromatic heterocycles. The maximum absolute atomic E-state index is 13.0. The average molecular weight is 404 g/mol. The van der Waals surface area contributed by atoms with Gasteiger partial charge in [-0.2, -0.15) is 18.3 Å². The van der Waals surface area contributed by atoms with Gasteiger partial charge >= 0.3 is 6.18 Å². The predicted octanol–water partition coefficient (Wildman–Crippen LogP) is 6.00. The van der Waals surface area contributed by atoms with E-state index in [9.17, 15) is 13.2 Å². The number of halogens is 3. The number of nitrogens with one attached hydrogen (secondary N) is 1. The van der Waals surface area contributed by atoms with Crippen LogP contribution in [0.4, 0.5) is 19.0 Å². The Hall–Kier alpha value is -2.57. The van der Waals surface area contributed by atoms with Crippen molar-refractivity contribution in [3.05, 3.63) is 59.1 Å². The lowest BCUT2D eigenvalue weighted by molar-refractivity contribution is -0.0877. The van der Waals surface area contributed by atoms with Crippen LogP contribution in [0.1, 0.15) is 55.2 Å². The zero-order valence-corrected chi connectivity index (χ0v) is 17.3. The number of aryl methyl sites for hydroxylation is 3. The van der Waals surface area contributed by atoms with Gasteiger partial charge < -0.3 is 5.32 Å². The second-order valence-corrected chi connectivity index (χ2v) is 7.97. The fraction of sp³-hybridized carbons (Fsp3) is 0.455. The smallest absolute Gasteiger partial charge is 0.361 e. The molecule has 0 amide bonds. The largest absolute Gasteiger partial charge is 0.415 e. The highest BCUT2D eigenvalue weighted by Gasteiger charge is 2.31. The molecule has 3 rings (SSSR count). The summed E-state index contributed by atoms with van der Waals surface area (Å²) in [6, 6.07) is 3.98. The molecule has 0 spiro atoms. The number of allylic oxidation sites excluding steroid dienone is 3. The molecule has 7 heteroatoms. The fourth-order valence-corrected chi connectivity index (χ4v) is 3.61. The molecular formula is C22H27F3N4. The summed E-state index contributed by atoms with van der Waals surface area (Å²) < 4.78 is 40.9. The molecule has 156 valence electrons. The fourth-order valence-electron chi connectivity index (χ4n) is 3.61. The molecule has 0 saturated heterocycles. The maximum atomic E-state index is 13.0. The number of fused-ring (bicyclic) bond motifs is 1. The minimum absolute atomic E-state index is 0.0122. The van der Waals surface area contributed by atoms with Gasteiger partial charge in [0, 0.05) is 18.3 Å². The number of hydrogen-bond donors (Lipinski definition) is 1. The van der Waals surface area contributed by atoms with E-state index in [1.165, 1.54) is 0 Å². The van der Waals surface area contributed by atoms with Gasteiger partial charge in [0.1, 0.15) is 5.82 Å². The normalized spacial score (nSPS) is 17.4. The minimum Gasteiger partial charge on any atom is -0.361 e. The number of rotatable bonds is 5. The number of pyridine rings is 1. The Kier molecular flexibility index (Phi) is 5.87. The van der Waals surface area contributed by atoms with Crippen LogP contribution in [0.15, 0.2) is 36.6 Å². The lowest BCUT2D eigenvalue weighted by Gasteiger charge is -2.25. The highest BCUT2D eigenvalue weighted by atomic mass is 19.4. The van der Waals surface area contributed by atoms with Crippen LogP contribution in [-0.4, -0.2) is 20.9 Å². The number of aromatic nitrogens is 3. The third kappa shape index (κ3) is 4.71. The minimum atomic E-state index is -4.45. The molecule has 1 unspecified atom stereocenters. The first-order chi connectivity index (χ1) is 13.6. The highest BCUT2D eigenvalue weighted by Crippen LogP contribution is 2.34. The molecule has 0 bridgehead atoms. The summed E-state index contributed by atoms with van der Waals surface area (Å²) in [6.07, 6.45) is 0.345. The average Bonchev–Trinajstić information content (AvgIpc) is 3.05. The Labute approximate surface area is 169 Å². The van der Waals surface area contributed by atoms with E-state index in [4.69, 9.17) is 0 Å². The van der Waals surface area contributed by atoms with Crippen molar-refractivity contribution in [2.75, 3.05) is 5.32 Å². The van der Waals surface area contributed by atoms with Crippen molar-refractivity contribution in [2.24, 2.45) is 5.92 Å². The van der Waals surface area contributed by atoms with Crippen LogP contribution in [0.3, 0.4) is 0 Å². The van der Waals surface area contributed by atoms with Crippen molar-refractivity contribution in [2.45, 2.75) is 59.3 Å². The van der Waals surface area contributed by atoms with Crippen LogP contribution in [-0.2, 0) is 6.54 Å². The standard InChI is InChI=1S/C22H27F3N4/c1-13(2)17(10-16(5)22(23,24)25)19-11-20-18(7-6-8-29(20)28-19)27-21-15(4)9-14(3)12-26-21/h9-13,18H,5-8H2,1-4H3,(H,26,27)/b17-10+. The molecule has 0 saturated carbocycles. The Morgan fingerprint density at radius 2 is 2.03 bits per heavy atom. The van der Waals surface area contributed by atoms with Gasteiger partial charge in [-0.3, -0.25) is 4.68 Å². The molecule has 0 aromatic carbocycles. The first-order valence-electron chi connectivity index (χ1n) is 9.82. The molecule has 0 fully saturated rings. The molecule has 1 atom stereocenters. The third-order valence-corrected chi connectivity index (χ3v) is 5.17. The van der Waals surface area contributed by atoms with Crippen molar-refractivity contribution < 1.29 is 13.2 Å². The van der Waals surface area contributed by atoms with E-state index >= 15 is 0 Å². The highest BCUT2D eigenvalue weighted by molar-refractivity contribution is 5.67. The van der Waals surface area contributed by atoms with Crippen molar-refractivity contribution in [3.63, 3.8) is 0 Å². The first kappa shape index (κ1) is 21.1. The van der Waals surface area contributed by atoms with Gasteiger partial charge in [-0.05, 0) is 61.4 Å². The molecule has 0 aliphatic carbocycles. The lowest BCUT2D eigenvalue weighted by atomic mass is 9.96. The molecule has 29 heavy (non-hydrogen) atoms. The Bertz CT molecular complexity index is 938. The van der Waals surface area contributed by atoms with E-state index in [2.05, 4.69) is 28.0 Å². The van der Waals surface area contributed by atoms with Crippen molar-refractivity contribution in [1.29, 1.82) is 0 Å². The number of alkyl halides is 3. The molecule has 4 nitrogen and oxygen atoms in total. The monoisotopic (exact) mass is 404 g/mol. The van der Waals surface area contributed by atoms with Gasteiger partial charge in [-0.1, -0.05) is 26.5 Å². The van der Waals surface area contributed by atoms with E-state index in [1.54, 1.807) is 0 Å². The van der Waals surface area contributed by atoms with Crippen LogP contribution >= 0.6 is 0 Å². The summed E-state index contributed by atoms with van der Waals surface area (Å²) in [5.41, 5.74) is 3.38. The van der Waals surface area contributed by atoms with Gasteiger partial charge in [-0.15, -0.1) is 0 Å². The van der Waals surface area contributed by atoms with Gasteiger partial charge in [0.05, 0.1) is 17.4 Å². The molecule has 1 N–H and O–H groups in total. The Morgan fingerprint density at radius 1 is 1.31 bits per heavy atom. The molecule has 2 aromatic rings. The first-order valence-corrected chi connectivity index (χ1v) is 9.82. The number of hydrogen-bond acceptors (Lipinski definition) is 3. The SMILES string of the molecule is C=C(/C=C(/c1cc2n(n1)CCCC2Nc1ncc(C)cc1C)C(C)C)C(F)(F)F.